The lowest BCUT2D eigenvalue weighted by molar-refractivity contribution is 0.284. The van der Waals surface area contributed by atoms with Gasteiger partial charge >= 0.3 is 0 Å². The third-order valence-electron chi connectivity index (χ3n) is 5.46. The Morgan fingerprint density at radius 3 is 2.48 bits per heavy atom. The summed E-state index contributed by atoms with van der Waals surface area (Å²) >= 11 is 0. The minimum Gasteiger partial charge on any atom is -0.493 e. The van der Waals surface area contributed by atoms with Gasteiger partial charge in [-0.15, -0.1) is 0 Å². The largest absolute Gasteiger partial charge is 0.493 e. The van der Waals surface area contributed by atoms with Gasteiger partial charge in [0.05, 0.1) is 17.6 Å². The van der Waals surface area contributed by atoms with Crippen molar-refractivity contribution in [2.24, 2.45) is 0 Å². The molecule has 4 heteroatoms. The minimum atomic E-state index is 0.456. The lowest BCUT2D eigenvalue weighted by atomic mass is 10.1. The minimum absolute atomic E-state index is 0.456. The first-order valence-corrected chi connectivity index (χ1v) is 10.9. The topological polar surface area (TPSA) is 36.3 Å². The van der Waals surface area contributed by atoms with Crippen molar-refractivity contribution in [3.8, 4) is 11.5 Å². The Labute approximate surface area is 184 Å². The fourth-order valence-corrected chi connectivity index (χ4v) is 3.85. The van der Waals surface area contributed by atoms with Crippen molar-refractivity contribution < 1.29 is 9.47 Å². The normalized spacial score (nSPS) is 11.1. The van der Waals surface area contributed by atoms with Crippen molar-refractivity contribution >= 4 is 11.0 Å². The Kier molecular flexibility index (Phi) is 6.56. The van der Waals surface area contributed by atoms with E-state index in [0.717, 1.165) is 47.7 Å². The molecule has 0 fully saturated rings. The van der Waals surface area contributed by atoms with Crippen molar-refractivity contribution in [2.45, 2.75) is 46.8 Å². The number of fused-ring (bicyclic) bond motifs is 1. The fraction of sp³-hybridized carbons (Fsp3) is 0.296. The molecule has 1 heterocycles. The number of hydrogen-bond acceptors (Lipinski definition) is 3. The van der Waals surface area contributed by atoms with Crippen molar-refractivity contribution in [3.63, 3.8) is 0 Å². The Bertz CT molecular complexity index is 1160. The average Bonchev–Trinajstić information content (AvgIpc) is 3.11. The monoisotopic (exact) mass is 414 g/mol. The lowest BCUT2D eigenvalue weighted by Gasteiger charge is -2.12. The summed E-state index contributed by atoms with van der Waals surface area (Å²) in [7, 11) is 0. The van der Waals surface area contributed by atoms with Crippen molar-refractivity contribution in [1.29, 1.82) is 0 Å². The number of rotatable bonds is 9. The number of ether oxygens (including phenoxy) is 2. The second kappa shape index (κ2) is 9.69. The highest BCUT2D eigenvalue weighted by Gasteiger charge is 2.11. The average molecular weight is 415 g/mol. The summed E-state index contributed by atoms with van der Waals surface area (Å²) in [6, 6.07) is 22.7. The van der Waals surface area contributed by atoms with E-state index in [4.69, 9.17) is 14.5 Å². The van der Waals surface area contributed by atoms with Crippen molar-refractivity contribution in [3.05, 3.63) is 89.2 Å². The van der Waals surface area contributed by atoms with Gasteiger partial charge in [0, 0.05) is 6.54 Å². The fourth-order valence-electron chi connectivity index (χ4n) is 3.85. The lowest BCUT2D eigenvalue weighted by Crippen LogP contribution is -2.09. The van der Waals surface area contributed by atoms with E-state index in [0.29, 0.717) is 13.2 Å². The van der Waals surface area contributed by atoms with E-state index in [1.807, 2.05) is 18.2 Å². The number of benzene rings is 3. The predicted molar refractivity (Wildman–Crippen MR) is 126 cm³/mol. The summed E-state index contributed by atoms with van der Waals surface area (Å²) in [5, 5.41) is 0. The van der Waals surface area contributed by atoms with E-state index in [1.54, 1.807) is 0 Å². The first kappa shape index (κ1) is 21.0. The Balaban J connectivity index is 1.38. The van der Waals surface area contributed by atoms with Gasteiger partial charge in [-0.25, -0.2) is 4.98 Å². The van der Waals surface area contributed by atoms with Crippen LogP contribution in [0.1, 0.15) is 35.4 Å². The standard InChI is InChI=1S/C27H30N2O2/c1-20-9-8-10-23(18-20)31-19-27-28-24-11-4-5-12-25(24)29(27)15-6-7-16-30-26-14-13-21(2)17-22(26)3/h4-5,8-14,17-18H,6-7,15-16,19H2,1-3H3. The van der Waals surface area contributed by atoms with Gasteiger partial charge in [-0.1, -0.05) is 42.0 Å². The van der Waals surface area contributed by atoms with Gasteiger partial charge in [-0.2, -0.15) is 0 Å². The van der Waals surface area contributed by atoms with Gasteiger partial charge in [-0.3, -0.25) is 0 Å². The summed E-state index contributed by atoms with van der Waals surface area (Å²) in [5.41, 5.74) is 5.81. The second-order valence-electron chi connectivity index (χ2n) is 8.10. The predicted octanol–water partition coefficient (Wildman–Crippen LogP) is 6.40. The molecule has 0 aliphatic heterocycles. The molecule has 0 aliphatic carbocycles. The summed E-state index contributed by atoms with van der Waals surface area (Å²) in [4.78, 5) is 4.82. The van der Waals surface area contributed by atoms with Crippen LogP contribution in [0.25, 0.3) is 11.0 Å². The smallest absolute Gasteiger partial charge is 0.147 e. The molecule has 4 nitrogen and oxygen atoms in total. The maximum Gasteiger partial charge on any atom is 0.147 e. The van der Waals surface area contributed by atoms with E-state index in [1.165, 1.54) is 16.7 Å². The highest BCUT2D eigenvalue weighted by Crippen LogP contribution is 2.21. The number of hydrogen-bond donors (Lipinski definition) is 0. The molecule has 0 radical (unpaired) electrons. The third kappa shape index (κ3) is 5.26. The van der Waals surface area contributed by atoms with Crippen molar-refractivity contribution in [1.82, 2.24) is 9.55 Å². The van der Waals surface area contributed by atoms with Gasteiger partial charge in [0.2, 0.25) is 0 Å². The molecule has 0 spiro atoms. The molecule has 0 bridgehead atoms. The first-order valence-electron chi connectivity index (χ1n) is 10.9. The Hall–Kier alpha value is -3.27. The quantitative estimate of drug-likeness (QED) is 0.297. The molecule has 0 N–H and O–H groups in total. The van der Waals surface area contributed by atoms with E-state index in [2.05, 4.69) is 73.9 Å². The highest BCUT2D eigenvalue weighted by molar-refractivity contribution is 5.75. The van der Waals surface area contributed by atoms with Gasteiger partial charge in [0.25, 0.3) is 0 Å². The molecule has 4 aromatic rings. The maximum atomic E-state index is 6.04. The summed E-state index contributed by atoms with van der Waals surface area (Å²) in [6.07, 6.45) is 2.00. The molecule has 4 rings (SSSR count). The molecule has 0 atom stereocenters. The molecule has 0 saturated heterocycles. The number of imidazole rings is 1. The molecule has 0 amide bonds. The molecule has 1 aromatic heterocycles. The van der Waals surface area contributed by atoms with E-state index >= 15 is 0 Å². The number of aromatic nitrogens is 2. The number of para-hydroxylation sites is 2. The molecule has 0 saturated carbocycles. The van der Waals surface area contributed by atoms with Crippen LogP contribution in [0.2, 0.25) is 0 Å². The van der Waals surface area contributed by atoms with Crippen LogP contribution in [0.5, 0.6) is 11.5 Å². The van der Waals surface area contributed by atoms with Crippen LogP contribution in [0.3, 0.4) is 0 Å². The molecule has 0 unspecified atom stereocenters. The second-order valence-corrected chi connectivity index (χ2v) is 8.10. The van der Waals surface area contributed by atoms with E-state index in [9.17, 15) is 0 Å². The van der Waals surface area contributed by atoms with Crippen LogP contribution in [-0.2, 0) is 13.2 Å². The van der Waals surface area contributed by atoms with Crippen LogP contribution in [0.15, 0.2) is 66.7 Å². The molecular weight excluding hydrogens is 384 g/mol. The van der Waals surface area contributed by atoms with Crippen LogP contribution >= 0.6 is 0 Å². The first-order chi connectivity index (χ1) is 15.1. The molecule has 0 aliphatic rings. The van der Waals surface area contributed by atoms with Gasteiger partial charge in [-0.05, 0) is 75.1 Å². The zero-order valence-corrected chi connectivity index (χ0v) is 18.6. The SMILES string of the molecule is Cc1cccc(OCc2nc3ccccc3n2CCCCOc2ccc(C)cc2C)c1. The zero-order valence-electron chi connectivity index (χ0n) is 18.6. The number of unbranched alkanes of at least 4 members (excludes halogenated alkanes) is 1. The zero-order chi connectivity index (χ0) is 21.6. The van der Waals surface area contributed by atoms with Crippen LogP contribution in [0.4, 0.5) is 0 Å². The molecule has 31 heavy (non-hydrogen) atoms. The molecule has 160 valence electrons. The van der Waals surface area contributed by atoms with Gasteiger partial charge < -0.3 is 14.0 Å². The van der Waals surface area contributed by atoms with Crippen LogP contribution < -0.4 is 9.47 Å². The van der Waals surface area contributed by atoms with Crippen LogP contribution in [0, 0.1) is 20.8 Å². The Morgan fingerprint density at radius 2 is 1.65 bits per heavy atom. The summed E-state index contributed by atoms with van der Waals surface area (Å²) in [6.45, 7) is 8.33. The van der Waals surface area contributed by atoms with Gasteiger partial charge in [0.15, 0.2) is 0 Å². The summed E-state index contributed by atoms with van der Waals surface area (Å²) in [5.74, 6) is 2.81. The van der Waals surface area contributed by atoms with Crippen LogP contribution in [-0.4, -0.2) is 16.2 Å². The number of nitrogens with zero attached hydrogens (tertiary/aromatic N) is 2. The van der Waals surface area contributed by atoms with Crippen molar-refractivity contribution in [2.75, 3.05) is 6.61 Å². The Morgan fingerprint density at radius 1 is 0.806 bits per heavy atom. The molecular formula is C27H30N2O2. The van der Waals surface area contributed by atoms with E-state index in [-0.39, 0.29) is 0 Å². The molecule has 3 aromatic carbocycles. The van der Waals surface area contributed by atoms with Gasteiger partial charge in [0.1, 0.15) is 23.9 Å². The maximum absolute atomic E-state index is 6.04. The number of aryl methyl sites for hydroxylation is 4. The van der Waals surface area contributed by atoms with E-state index < -0.39 is 0 Å². The summed E-state index contributed by atoms with van der Waals surface area (Å²) < 4.78 is 14.3. The third-order valence-corrected chi connectivity index (χ3v) is 5.46. The highest BCUT2D eigenvalue weighted by atomic mass is 16.5.